The van der Waals surface area contributed by atoms with E-state index in [1.165, 1.54) is 6.07 Å². The molecule has 20 heavy (non-hydrogen) atoms. The summed E-state index contributed by atoms with van der Waals surface area (Å²) in [6, 6.07) is 10.7. The SMILES string of the molecule is CCc1cccc(Oc2cc(C(=O)O)cc(CC)n2)c1. The molecule has 0 fully saturated rings. The standard InChI is InChI=1S/C16H17NO3/c1-3-11-6-5-7-14(8-11)20-15-10-12(16(18)19)9-13(4-2)17-15/h5-10H,3-4H2,1-2H3,(H,18,19). The number of carboxylic acids is 1. The number of carbonyl (C=O) groups is 1. The molecule has 4 heteroatoms. The number of carboxylic acid groups (broad SMARTS) is 1. The molecular weight excluding hydrogens is 254 g/mol. The molecule has 4 nitrogen and oxygen atoms in total. The van der Waals surface area contributed by atoms with Crippen LogP contribution in [0.4, 0.5) is 0 Å². The zero-order valence-electron chi connectivity index (χ0n) is 11.6. The Morgan fingerprint density at radius 2 is 2.00 bits per heavy atom. The Morgan fingerprint density at radius 1 is 1.20 bits per heavy atom. The van der Waals surface area contributed by atoms with Crippen molar-refractivity contribution in [3.05, 3.63) is 53.2 Å². The van der Waals surface area contributed by atoms with Crippen LogP contribution >= 0.6 is 0 Å². The highest BCUT2D eigenvalue weighted by Gasteiger charge is 2.09. The monoisotopic (exact) mass is 271 g/mol. The number of hydrogen-bond acceptors (Lipinski definition) is 3. The van der Waals surface area contributed by atoms with Gasteiger partial charge in [0.05, 0.1) is 5.56 Å². The van der Waals surface area contributed by atoms with E-state index in [1.807, 2.05) is 31.2 Å². The van der Waals surface area contributed by atoms with Crippen molar-refractivity contribution in [1.82, 2.24) is 4.98 Å². The second kappa shape index (κ2) is 6.19. The van der Waals surface area contributed by atoms with E-state index in [1.54, 1.807) is 6.07 Å². The number of aryl methyl sites for hydroxylation is 2. The molecule has 0 spiro atoms. The summed E-state index contributed by atoms with van der Waals surface area (Å²) in [5.41, 5.74) is 2.05. The smallest absolute Gasteiger partial charge is 0.335 e. The maximum atomic E-state index is 11.1. The molecule has 0 saturated heterocycles. The summed E-state index contributed by atoms with van der Waals surface area (Å²) in [4.78, 5) is 15.4. The van der Waals surface area contributed by atoms with E-state index in [-0.39, 0.29) is 5.56 Å². The van der Waals surface area contributed by atoms with Crippen molar-refractivity contribution in [2.45, 2.75) is 26.7 Å². The first-order valence-electron chi connectivity index (χ1n) is 6.63. The summed E-state index contributed by atoms with van der Waals surface area (Å²) in [6.07, 6.45) is 1.58. The second-order valence-corrected chi connectivity index (χ2v) is 4.45. The van der Waals surface area contributed by atoms with Gasteiger partial charge in [0.15, 0.2) is 0 Å². The lowest BCUT2D eigenvalue weighted by atomic mass is 10.1. The van der Waals surface area contributed by atoms with Crippen LogP contribution in [-0.4, -0.2) is 16.1 Å². The molecule has 104 valence electrons. The number of ether oxygens (including phenoxy) is 1. The summed E-state index contributed by atoms with van der Waals surface area (Å²) in [5.74, 6) is 0.00528. The molecule has 0 radical (unpaired) electrons. The van der Waals surface area contributed by atoms with Crippen molar-refractivity contribution in [1.29, 1.82) is 0 Å². The number of aromatic nitrogens is 1. The van der Waals surface area contributed by atoms with Gasteiger partial charge in [0.1, 0.15) is 5.75 Å². The highest BCUT2D eigenvalue weighted by Crippen LogP contribution is 2.22. The zero-order chi connectivity index (χ0) is 14.5. The fourth-order valence-electron chi connectivity index (χ4n) is 1.87. The van der Waals surface area contributed by atoms with Gasteiger partial charge in [-0.25, -0.2) is 9.78 Å². The molecule has 1 heterocycles. The summed E-state index contributed by atoms with van der Waals surface area (Å²) < 4.78 is 5.68. The van der Waals surface area contributed by atoms with Crippen LogP contribution in [0.15, 0.2) is 36.4 Å². The predicted molar refractivity (Wildman–Crippen MR) is 76.5 cm³/mol. The van der Waals surface area contributed by atoms with E-state index < -0.39 is 5.97 Å². The number of nitrogens with zero attached hydrogens (tertiary/aromatic N) is 1. The van der Waals surface area contributed by atoms with Crippen molar-refractivity contribution in [3.63, 3.8) is 0 Å². The molecule has 1 aromatic heterocycles. The fourth-order valence-corrected chi connectivity index (χ4v) is 1.87. The summed E-state index contributed by atoms with van der Waals surface area (Å²) in [7, 11) is 0. The Kier molecular flexibility index (Phi) is 4.35. The van der Waals surface area contributed by atoms with Gasteiger partial charge in [0.25, 0.3) is 0 Å². The Labute approximate surface area is 118 Å². The topological polar surface area (TPSA) is 59.4 Å². The number of rotatable bonds is 5. The van der Waals surface area contributed by atoms with Gasteiger partial charge in [-0.15, -0.1) is 0 Å². The molecule has 0 amide bonds. The van der Waals surface area contributed by atoms with E-state index in [0.29, 0.717) is 23.7 Å². The molecule has 2 aromatic rings. The number of hydrogen-bond donors (Lipinski definition) is 1. The normalized spacial score (nSPS) is 10.3. The van der Waals surface area contributed by atoms with Crippen LogP contribution in [0.2, 0.25) is 0 Å². The highest BCUT2D eigenvalue weighted by atomic mass is 16.5. The molecule has 1 aromatic carbocycles. The Bertz CT molecular complexity index is 623. The summed E-state index contributed by atoms with van der Waals surface area (Å²) in [5, 5.41) is 9.09. The Balaban J connectivity index is 2.32. The van der Waals surface area contributed by atoms with Crippen molar-refractivity contribution in [3.8, 4) is 11.6 Å². The second-order valence-electron chi connectivity index (χ2n) is 4.45. The van der Waals surface area contributed by atoms with Gasteiger partial charge in [-0.2, -0.15) is 0 Å². The third kappa shape index (κ3) is 3.35. The van der Waals surface area contributed by atoms with Gasteiger partial charge in [-0.1, -0.05) is 26.0 Å². The average molecular weight is 271 g/mol. The molecule has 2 rings (SSSR count). The number of pyridine rings is 1. The minimum Gasteiger partial charge on any atom is -0.478 e. The molecule has 0 saturated carbocycles. The largest absolute Gasteiger partial charge is 0.478 e. The highest BCUT2D eigenvalue weighted by molar-refractivity contribution is 5.88. The van der Waals surface area contributed by atoms with Gasteiger partial charge in [-0.05, 0) is 36.6 Å². The van der Waals surface area contributed by atoms with Gasteiger partial charge in [-0.3, -0.25) is 0 Å². The van der Waals surface area contributed by atoms with Gasteiger partial charge in [0.2, 0.25) is 5.88 Å². The minimum atomic E-state index is -0.978. The van der Waals surface area contributed by atoms with Crippen molar-refractivity contribution < 1.29 is 14.6 Å². The van der Waals surface area contributed by atoms with E-state index >= 15 is 0 Å². The van der Waals surface area contributed by atoms with Crippen LogP contribution in [0.3, 0.4) is 0 Å². The van der Waals surface area contributed by atoms with Crippen LogP contribution in [-0.2, 0) is 12.8 Å². The zero-order valence-corrected chi connectivity index (χ0v) is 11.6. The molecule has 0 aliphatic heterocycles. The predicted octanol–water partition coefficient (Wildman–Crippen LogP) is 3.70. The maximum absolute atomic E-state index is 11.1. The van der Waals surface area contributed by atoms with Crippen LogP contribution in [0, 0.1) is 0 Å². The summed E-state index contributed by atoms with van der Waals surface area (Å²) in [6.45, 7) is 3.99. The van der Waals surface area contributed by atoms with Crippen molar-refractivity contribution in [2.75, 3.05) is 0 Å². The van der Waals surface area contributed by atoms with Crippen LogP contribution < -0.4 is 4.74 Å². The minimum absolute atomic E-state index is 0.193. The molecule has 0 unspecified atom stereocenters. The first-order chi connectivity index (χ1) is 9.62. The molecular formula is C16H17NO3. The van der Waals surface area contributed by atoms with Gasteiger partial charge < -0.3 is 9.84 Å². The first kappa shape index (κ1) is 14.1. The Morgan fingerprint density at radius 3 is 2.65 bits per heavy atom. The fraction of sp³-hybridized carbons (Fsp3) is 0.250. The lowest BCUT2D eigenvalue weighted by Gasteiger charge is -2.08. The van der Waals surface area contributed by atoms with E-state index in [4.69, 9.17) is 9.84 Å². The quantitative estimate of drug-likeness (QED) is 0.900. The molecule has 0 atom stereocenters. The molecule has 0 aliphatic carbocycles. The Hall–Kier alpha value is -2.36. The third-order valence-electron chi connectivity index (χ3n) is 2.99. The van der Waals surface area contributed by atoms with Crippen molar-refractivity contribution >= 4 is 5.97 Å². The summed E-state index contributed by atoms with van der Waals surface area (Å²) >= 11 is 0. The molecule has 1 N–H and O–H groups in total. The van der Waals surface area contributed by atoms with Crippen molar-refractivity contribution in [2.24, 2.45) is 0 Å². The first-order valence-corrected chi connectivity index (χ1v) is 6.63. The van der Waals surface area contributed by atoms with E-state index in [0.717, 1.165) is 12.0 Å². The van der Waals surface area contributed by atoms with Crippen LogP contribution in [0.5, 0.6) is 11.6 Å². The lowest BCUT2D eigenvalue weighted by Crippen LogP contribution is -2.01. The van der Waals surface area contributed by atoms with Gasteiger partial charge in [0, 0.05) is 11.8 Å². The average Bonchev–Trinajstić information content (AvgIpc) is 2.47. The van der Waals surface area contributed by atoms with Gasteiger partial charge >= 0.3 is 5.97 Å². The molecule has 0 aliphatic rings. The maximum Gasteiger partial charge on any atom is 0.335 e. The number of aromatic carboxylic acids is 1. The molecule has 0 bridgehead atoms. The van der Waals surface area contributed by atoms with E-state index in [9.17, 15) is 4.79 Å². The lowest BCUT2D eigenvalue weighted by molar-refractivity contribution is 0.0696. The van der Waals surface area contributed by atoms with Crippen LogP contribution in [0.25, 0.3) is 0 Å². The van der Waals surface area contributed by atoms with E-state index in [2.05, 4.69) is 11.9 Å². The van der Waals surface area contributed by atoms with Crippen LogP contribution in [0.1, 0.15) is 35.5 Å². The number of benzene rings is 1. The third-order valence-corrected chi connectivity index (χ3v) is 2.99.